The molecule has 0 saturated carbocycles. The molecule has 114 valence electrons. The second kappa shape index (κ2) is 8.25. The first kappa shape index (κ1) is 16.1. The molecule has 6 heteroatoms. The molecule has 2 aromatic rings. The molecule has 0 aliphatic heterocycles. The molecule has 2 rings (SSSR count). The maximum atomic E-state index is 12.3. The van der Waals surface area contributed by atoms with Crippen molar-refractivity contribution < 1.29 is 13.9 Å². The van der Waals surface area contributed by atoms with E-state index in [-0.39, 0.29) is 18.9 Å². The molecule has 0 fully saturated rings. The van der Waals surface area contributed by atoms with E-state index in [2.05, 4.69) is 15.9 Å². The van der Waals surface area contributed by atoms with Gasteiger partial charge in [0.15, 0.2) is 6.61 Å². The third-order valence-corrected chi connectivity index (χ3v) is 3.48. The Morgan fingerprint density at radius 2 is 2.09 bits per heavy atom. The van der Waals surface area contributed by atoms with Crippen molar-refractivity contribution in [1.82, 2.24) is 4.90 Å². The molecule has 5 nitrogen and oxygen atoms in total. The highest BCUT2D eigenvalue weighted by atomic mass is 79.9. The lowest BCUT2D eigenvalue weighted by Gasteiger charge is -2.20. The summed E-state index contributed by atoms with van der Waals surface area (Å²) < 4.78 is 11.7. The SMILES string of the molecule is N#CCCN(Cc1ccco1)C(=O)COc1ccc(Br)cc1. The number of hydrogen-bond donors (Lipinski definition) is 0. The highest BCUT2D eigenvalue weighted by molar-refractivity contribution is 9.10. The first-order valence-electron chi connectivity index (χ1n) is 6.74. The number of nitrogens with zero attached hydrogens (tertiary/aromatic N) is 2. The zero-order valence-corrected chi connectivity index (χ0v) is 13.5. The van der Waals surface area contributed by atoms with Crippen LogP contribution >= 0.6 is 15.9 Å². The van der Waals surface area contributed by atoms with Gasteiger partial charge in [-0.25, -0.2) is 0 Å². The van der Waals surface area contributed by atoms with Crippen LogP contribution in [0.3, 0.4) is 0 Å². The molecule has 0 aliphatic rings. The number of hydrogen-bond acceptors (Lipinski definition) is 4. The number of carbonyl (C=O) groups excluding carboxylic acids is 1. The Morgan fingerprint density at radius 3 is 2.73 bits per heavy atom. The summed E-state index contributed by atoms with van der Waals surface area (Å²) in [6, 6.07) is 12.8. The van der Waals surface area contributed by atoms with Gasteiger partial charge in [-0.3, -0.25) is 4.79 Å². The normalized spacial score (nSPS) is 10.0. The number of halogens is 1. The first-order chi connectivity index (χ1) is 10.7. The number of ether oxygens (including phenoxy) is 1. The van der Waals surface area contributed by atoms with Crippen molar-refractivity contribution in [3.05, 3.63) is 52.9 Å². The Balaban J connectivity index is 1.92. The topological polar surface area (TPSA) is 66.5 Å². The van der Waals surface area contributed by atoms with Crippen molar-refractivity contribution in [3.63, 3.8) is 0 Å². The van der Waals surface area contributed by atoms with Crippen LogP contribution in [0.1, 0.15) is 12.2 Å². The summed E-state index contributed by atoms with van der Waals surface area (Å²) in [7, 11) is 0. The zero-order chi connectivity index (χ0) is 15.8. The van der Waals surface area contributed by atoms with Crippen LogP contribution in [-0.4, -0.2) is 24.0 Å². The van der Waals surface area contributed by atoms with Gasteiger partial charge in [-0.2, -0.15) is 5.26 Å². The van der Waals surface area contributed by atoms with Crippen molar-refractivity contribution in [2.24, 2.45) is 0 Å². The quantitative estimate of drug-likeness (QED) is 0.757. The Labute approximate surface area is 137 Å². The van der Waals surface area contributed by atoms with Crippen LogP contribution in [0, 0.1) is 11.3 Å². The highest BCUT2D eigenvalue weighted by Crippen LogP contribution is 2.16. The zero-order valence-electron chi connectivity index (χ0n) is 11.9. The predicted octanol–water partition coefficient (Wildman–Crippen LogP) is 3.36. The average molecular weight is 363 g/mol. The van der Waals surface area contributed by atoms with E-state index in [4.69, 9.17) is 14.4 Å². The Bertz CT molecular complexity index is 632. The van der Waals surface area contributed by atoms with E-state index in [1.165, 1.54) is 0 Å². The Hall–Kier alpha value is -2.26. The first-order valence-corrected chi connectivity index (χ1v) is 7.54. The molecule has 1 amide bonds. The van der Waals surface area contributed by atoms with Crippen molar-refractivity contribution in [3.8, 4) is 11.8 Å². The molecular weight excluding hydrogens is 348 g/mol. The molecule has 22 heavy (non-hydrogen) atoms. The van der Waals surface area contributed by atoms with Crippen LogP contribution in [0.2, 0.25) is 0 Å². The largest absolute Gasteiger partial charge is 0.484 e. The number of amides is 1. The third kappa shape index (κ3) is 4.93. The van der Waals surface area contributed by atoms with E-state index in [0.29, 0.717) is 24.6 Å². The van der Waals surface area contributed by atoms with E-state index >= 15 is 0 Å². The minimum atomic E-state index is -0.186. The van der Waals surface area contributed by atoms with Gasteiger partial charge in [-0.05, 0) is 36.4 Å². The van der Waals surface area contributed by atoms with Crippen LogP contribution in [0.5, 0.6) is 5.75 Å². The molecule has 1 aromatic heterocycles. The molecule has 0 atom stereocenters. The smallest absolute Gasteiger partial charge is 0.260 e. The van der Waals surface area contributed by atoms with Gasteiger partial charge in [-0.1, -0.05) is 15.9 Å². The number of benzene rings is 1. The predicted molar refractivity (Wildman–Crippen MR) is 84.0 cm³/mol. The van der Waals surface area contributed by atoms with Crippen LogP contribution in [-0.2, 0) is 11.3 Å². The van der Waals surface area contributed by atoms with Gasteiger partial charge in [0, 0.05) is 11.0 Å². The average Bonchev–Trinajstić information content (AvgIpc) is 3.03. The summed E-state index contributed by atoms with van der Waals surface area (Å²) in [6.07, 6.45) is 1.82. The minimum Gasteiger partial charge on any atom is -0.484 e. The standard InChI is InChI=1S/C16H15BrN2O3/c17-13-4-6-14(7-5-13)22-12-16(20)19(9-2-8-18)11-15-3-1-10-21-15/h1,3-7,10H,2,9,11-12H2. The van der Waals surface area contributed by atoms with Crippen LogP contribution in [0.25, 0.3) is 0 Å². The number of nitriles is 1. The van der Waals surface area contributed by atoms with Crippen molar-refractivity contribution in [2.45, 2.75) is 13.0 Å². The van der Waals surface area contributed by atoms with Gasteiger partial charge in [0.25, 0.3) is 5.91 Å². The van der Waals surface area contributed by atoms with E-state index < -0.39 is 0 Å². The molecule has 0 N–H and O–H groups in total. The highest BCUT2D eigenvalue weighted by Gasteiger charge is 2.15. The summed E-state index contributed by atoms with van der Waals surface area (Å²) in [6.45, 7) is 0.602. The number of furan rings is 1. The van der Waals surface area contributed by atoms with Gasteiger partial charge < -0.3 is 14.1 Å². The fourth-order valence-electron chi connectivity index (χ4n) is 1.83. The molecule has 0 saturated heterocycles. The molecule has 1 heterocycles. The summed E-state index contributed by atoms with van der Waals surface area (Å²) in [5, 5.41) is 8.71. The van der Waals surface area contributed by atoms with Crippen molar-refractivity contribution in [2.75, 3.05) is 13.2 Å². The van der Waals surface area contributed by atoms with Crippen LogP contribution in [0.15, 0.2) is 51.6 Å². The maximum Gasteiger partial charge on any atom is 0.260 e. The van der Waals surface area contributed by atoms with Gasteiger partial charge in [0.05, 0.1) is 25.3 Å². The van der Waals surface area contributed by atoms with Crippen molar-refractivity contribution in [1.29, 1.82) is 5.26 Å². The lowest BCUT2D eigenvalue weighted by Crippen LogP contribution is -2.35. The molecule has 0 bridgehead atoms. The maximum absolute atomic E-state index is 12.3. The van der Waals surface area contributed by atoms with Crippen molar-refractivity contribution >= 4 is 21.8 Å². The number of rotatable bonds is 7. The number of carbonyl (C=O) groups is 1. The van der Waals surface area contributed by atoms with E-state index in [9.17, 15) is 4.79 Å². The lowest BCUT2D eigenvalue weighted by molar-refractivity contribution is -0.134. The lowest BCUT2D eigenvalue weighted by atomic mass is 10.3. The fraction of sp³-hybridized carbons (Fsp3) is 0.250. The summed E-state index contributed by atoms with van der Waals surface area (Å²) in [5.41, 5.74) is 0. The molecule has 0 unspecified atom stereocenters. The summed E-state index contributed by atoms with van der Waals surface area (Å²) in [4.78, 5) is 13.8. The van der Waals surface area contributed by atoms with E-state index in [1.807, 2.05) is 18.2 Å². The van der Waals surface area contributed by atoms with Crippen LogP contribution in [0.4, 0.5) is 0 Å². The minimum absolute atomic E-state index is 0.0756. The van der Waals surface area contributed by atoms with Gasteiger partial charge in [0.1, 0.15) is 11.5 Å². The second-order valence-electron chi connectivity index (χ2n) is 4.55. The molecule has 1 aromatic carbocycles. The van der Waals surface area contributed by atoms with Gasteiger partial charge in [-0.15, -0.1) is 0 Å². The van der Waals surface area contributed by atoms with Gasteiger partial charge in [0.2, 0.25) is 0 Å². The Kier molecular flexibility index (Phi) is 6.04. The molecule has 0 spiro atoms. The third-order valence-electron chi connectivity index (χ3n) is 2.95. The van der Waals surface area contributed by atoms with E-state index in [0.717, 1.165) is 4.47 Å². The Morgan fingerprint density at radius 1 is 1.32 bits per heavy atom. The van der Waals surface area contributed by atoms with Crippen LogP contribution < -0.4 is 4.74 Å². The second-order valence-corrected chi connectivity index (χ2v) is 5.46. The fourth-order valence-corrected chi connectivity index (χ4v) is 2.10. The molecule has 0 aliphatic carbocycles. The van der Waals surface area contributed by atoms with E-state index in [1.54, 1.807) is 35.4 Å². The van der Waals surface area contributed by atoms with Gasteiger partial charge >= 0.3 is 0 Å². The molecule has 0 radical (unpaired) electrons. The summed E-state index contributed by atoms with van der Waals surface area (Å²) in [5.74, 6) is 1.11. The molecular formula is C16H15BrN2O3. The monoisotopic (exact) mass is 362 g/mol. The summed E-state index contributed by atoms with van der Waals surface area (Å²) >= 11 is 3.34.